The molecule has 0 saturated carbocycles. The summed E-state index contributed by atoms with van der Waals surface area (Å²) >= 11 is -0.247. The van der Waals surface area contributed by atoms with Gasteiger partial charge < -0.3 is 9.47 Å². The van der Waals surface area contributed by atoms with Gasteiger partial charge in [-0.15, -0.1) is 0 Å². The van der Waals surface area contributed by atoms with Crippen LogP contribution in [0.2, 0.25) is 0 Å². The van der Waals surface area contributed by atoms with Gasteiger partial charge in [0.25, 0.3) is 0 Å². The first-order valence-electron chi connectivity index (χ1n) is 6.91. The second-order valence-electron chi connectivity index (χ2n) is 5.85. The molecule has 2 aromatic carbocycles. The van der Waals surface area contributed by atoms with Crippen molar-refractivity contribution >= 4 is 0 Å². The summed E-state index contributed by atoms with van der Waals surface area (Å²) in [6.45, 7) is 6.72. The summed E-state index contributed by atoms with van der Waals surface area (Å²) in [5.41, 5.74) is 1.58. The molecule has 3 heteroatoms. The number of hydrogen-bond donors (Lipinski definition) is 0. The molecule has 112 valence electrons. The molecule has 21 heavy (non-hydrogen) atoms. The highest BCUT2D eigenvalue weighted by Gasteiger charge is 2.22. The van der Waals surface area contributed by atoms with Gasteiger partial charge in [-0.3, -0.25) is 0 Å². The largest absolute Gasteiger partial charge is 0.497 e. The van der Waals surface area contributed by atoms with Crippen molar-refractivity contribution in [3.05, 3.63) is 55.2 Å². The molecule has 0 aliphatic rings. The molecule has 0 atom stereocenters. The highest BCUT2D eigenvalue weighted by molar-refractivity contribution is 5.32. The Bertz CT molecular complexity index is 598. The Balaban J connectivity index is 2.22. The lowest BCUT2D eigenvalue weighted by Crippen LogP contribution is -3.61. The molecule has 0 heterocycles. The lowest BCUT2D eigenvalue weighted by molar-refractivity contribution is -0.598. The lowest BCUT2D eigenvalue weighted by Gasteiger charge is -2.18. The molecule has 0 fully saturated rings. The number of rotatable bonds is 4. The second kappa shape index (κ2) is 6.69. The number of benzene rings is 2. The highest BCUT2D eigenvalue weighted by Crippen LogP contribution is 2.21. The first kappa shape index (κ1) is 16.1. The van der Waals surface area contributed by atoms with Crippen molar-refractivity contribution in [2.75, 3.05) is 14.2 Å². The molecule has 2 rings (SSSR count). The molecular weight excluding hydrogens is 375 g/mol. The number of methoxy groups -OCH3 is 2. The molecule has 0 aromatic heterocycles. The molecule has 0 spiro atoms. The van der Waals surface area contributed by atoms with Crippen molar-refractivity contribution in [1.29, 1.82) is 0 Å². The van der Waals surface area contributed by atoms with E-state index in [2.05, 4.69) is 51.1 Å². The molecule has 0 aliphatic heterocycles. The third kappa shape index (κ3) is 4.13. The predicted molar refractivity (Wildman–Crippen MR) is 82.1 cm³/mol. The fourth-order valence-electron chi connectivity index (χ4n) is 1.98. The Hall–Kier alpha value is -1.23. The van der Waals surface area contributed by atoms with Crippen LogP contribution in [0, 0.1) is 7.14 Å². The smallest absolute Gasteiger partial charge is 0.362 e. The van der Waals surface area contributed by atoms with Crippen LogP contribution in [0.5, 0.6) is 11.5 Å². The maximum Gasteiger partial charge on any atom is 0.362 e. The van der Waals surface area contributed by atoms with Crippen molar-refractivity contribution < 1.29 is 30.7 Å². The van der Waals surface area contributed by atoms with Crippen LogP contribution in [-0.4, -0.2) is 14.2 Å². The summed E-state index contributed by atoms with van der Waals surface area (Å²) in [6, 6.07) is 15.0. The average molecular weight is 397 g/mol. The summed E-state index contributed by atoms with van der Waals surface area (Å²) in [6.07, 6.45) is 0. The Morgan fingerprint density at radius 1 is 0.857 bits per heavy atom. The molecule has 2 aromatic rings. The minimum absolute atomic E-state index is 0.203. The molecule has 0 N–H and O–H groups in total. The van der Waals surface area contributed by atoms with Crippen LogP contribution in [0.1, 0.15) is 26.3 Å². The van der Waals surface area contributed by atoms with Crippen molar-refractivity contribution in [2.45, 2.75) is 26.2 Å². The topological polar surface area (TPSA) is 18.5 Å². The van der Waals surface area contributed by atoms with Crippen LogP contribution in [0.3, 0.4) is 0 Å². The van der Waals surface area contributed by atoms with E-state index < -0.39 is 0 Å². The zero-order chi connectivity index (χ0) is 15.5. The van der Waals surface area contributed by atoms with E-state index in [1.807, 2.05) is 12.1 Å². The Kier molecular flexibility index (Phi) is 5.14. The third-order valence-electron chi connectivity index (χ3n) is 3.28. The molecule has 0 aliphatic carbocycles. The van der Waals surface area contributed by atoms with Crippen LogP contribution in [0.15, 0.2) is 42.5 Å². The van der Waals surface area contributed by atoms with Crippen molar-refractivity contribution in [2.24, 2.45) is 0 Å². The first-order valence-corrected chi connectivity index (χ1v) is 9.07. The van der Waals surface area contributed by atoms with Crippen LogP contribution in [0.25, 0.3) is 0 Å². The van der Waals surface area contributed by atoms with E-state index >= 15 is 0 Å². The summed E-state index contributed by atoms with van der Waals surface area (Å²) in [5.74, 6) is 1.75. The molecule has 0 radical (unpaired) electrons. The highest BCUT2D eigenvalue weighted by atomic mass is 127. The van der Waals surface area contributed by atoms with Gasteiger partial charge in [0.05, 0.1) is 14.2 Å². The minimum atomic E-state index is -0.247. The van der Waals surface area contributed by atoms with Crippen molar-refractivity contribution in [1.82, 2.24) is 0 Å². The molecule has 0 amide bonds. The number of hydrogen-bond acceptors (Lipinski definition) is 2. The monoisotopic (exact) mass is 397 g/mol. The molecular formula is C18H22IO2+. The molecule has 0 saturated heterocycles. The van der Waals surface area contributed by atoms with Gasteiger partial charge in [0.15, 0.2) is 9.32 Å². The average Bonchev–Trinajstić information content (AvgIpc) is 2.47. The Morgan fingerprint density at radius 3 is 2.05 bits per heavy atom. The fraction of sp³-hybridized carbons (Fsp3) is 0.333. The van der Waals surface area contributed by atoms with Crippen LogP contribution < -0.4 is 30.7 Å². The second-order valence-corrected chi connectivity index (χ2v) is 8.80. The summed E-state index contributed by atoms with van der Waals surface area (Å²) in [4.78, 5) is 0. The lowest BCUT2D eigenvalue weighted by atomic mass is 9.87. The van der Waals surface area contributed by atoms with Gasteiger partial charge in [-0.25, -0.2) is 0 Å². The SMILES string of the molecule is COc1ccc([I+]c2ccc(C(C)(C)C)cc2)c(OC)c1. The maximum absolute atomic E-state index is 5.49. The zero-order valence-corrected chi connectivity index (χ0v) is 15.4. The van der Waals surface area contributed by atoms with E-state index in [1.54, 1.807) is 14.2 Å². The molecule has 0 unspecified atom stereocenters. The summed E-state index contributed by atoms with van der Waals surface area (Å²) < 4.78 is 13.4. The quantitative estimate of drug-likeness (QED) is 0.721. The summed E-state index contributed by atoms with van der Waals surface area (Å²) in [5, 5.41) is 0. The maximum atomic E-state index is 5.49. The third-order valence-corrected chi connectivity index (χ3v) is 6.09. The van der Waals surface area contributed by atoms with Gasteiger partial charge in [-0.05, 0) is 35.2 Å². The predicted octanol–water partition coefficient (Wildman–Crippen LogP) is 1.13. The van der Waals surface area contributed by atoms with E-state index in [9.17, 15) is 0 Å². The van der Waals surface area contributed by atoms with E-state index in [1.165, 1.54) is 12.7 Å². The number of ether oxygens (including phenoxy) is 2. The van der Waals surface area contributed by atoms with E-state index in [0.717, 1.165) is 11.5 Å². The standard InChI is InChI=1S/C18H22IO2/c1-18(2,3)13-6-8-14(9-7-13)19-16-11-10-15(20-4)12-17(16)21-5/h6-12H,1-5H3/q+1. The minimum Gasteiger partial charge on any atom is -0.497 e. The van der Waals surface area contributed by atoms with Gasteiger partial charge in [0, 0.05) is 6.07 Å². The van der Waals surface area contributed by atoms with Crippen molar-refractivity contribution in [3.8, 4) is 11.5 Å². The fourth-order valence-corrected chi connectivity index (χ4v) is 4.37. The Morgan fingerprint density at radius 2 is 1.52 bits per heavy atom. The zero-order valence-electron chi connectivity index (χ0n) is 13.2. The number of halogens is 1. The van der Waals surface area contributed by atoms with Crippen LogP contribution in [-0.2, 0) is 5.41 Å². The van der Waals surface area contributed by atoms with E-state index in [-0.39, 0.29) is 26.6 Å². The van der Waals surface area contributed by atoms with E-state index in [0.29, 0.717) is 0 Å². The van der Waals surface area contributed by atoms with Gasteiger partial charge >= 0.3 is 21.2 Å². The Labute approximate surface area is 137 Å². The van der Waals surface area contributed by atoms with Gasteiger partial charge in [-0.2, -0.15) is 0 Å². The molecule has 2 nitrogen and oxygen atoms in total. The van der Waals surface area contributed by atoms with Crippen molar-refractivity contribution in [3.63, 3.8) is 0 Å². The van der Waals surface area contributed by atoms with Gasteiger partial charge in [-0.1, -0.05) is 32.9 Å². The first-order chi connectivity index (χ1) is 9.94. The van der Waals surface area contributed by atoms with Gasteiger partial charge in [0.2, 0.25) is 3.57 Å². The van der Waals surface area contributed by atoms with E-state index in [4.69, 9.17) is 9.47 Å². The van der Waals surface area contributed by atoms with Gasteiger partial charge in [0.1, 0.15) is 5.75 Å². The normalized spacial score (nSPS) is 11.3. The molecule has 0 bridgehead atoms. The van der Waals surface area contributed by atoms with Crippen LogP contribution in [0.4, 0.5) is 0 Å². The van der Waals surface area contributed by atoms with Crippen LogP contribution >= 0.6 is 0 Å². The summed E-state index contributed by atoms with van der Waals surface area (Å²) in [7, 11) is 3.39.